The van der Waals surface area contributed by atoms with Crippen LogP contribution < -0.4 is 4.31 Å². The summed E-state index contributed by atoms with van der Waals surface area (Å²) in [6.07, 6.45) is 0. The van der Waals surface area contributed by atoms with Gasteiger partial charge in [0.25, 0.3) is 0 Å². The minimum Gasteiger partial charge on any atom is -0.246 e. The SMILES string of the molecule is CN1C(=O)N(c2ccccc2)S(=O)N1C. The molecule has 1 aromatic carbocycles. The summed E-state index contributed by atoms with van der Waals surface area (Å²) in [4.78, 5) is 11.7. The summed E-state index contributed by atoms with van der Waals surface area (Å²) in [5.41, 5.74) is 0.636. The second-order valence-electron chi connectivity index (χ2n) is 3.13. The maximum absolute atomic E-state index is 11.8. The highest BCUT2D eigenvalue weighted by Gasteiger charge is 2.38. The van der Waals surface area contributed by atoms with E-state index in [9.17, 15) is 9.00 Å². The summed E-state index contributed by atoms with van der Waals surface area (Å²) in [5.74, 6) is 0. The number of anilines is 1. The highest BCUT2D eigenvalue weighted by atomic mass is 32.2. The van der Waals surface area contributed by atoms with Crippen LogP contribution in [-0.2, 0) is 11.2 Å². The third kappa shape index (κ3) is 1.51. The van der Waals surface area contributed by atoms with Crippen molar-refractivity contribution < 1.29 is 9.00 Å². The summed E-state index contributed by atoms with van der Waals surface area (Å²) in [6, 6.07) is 8.67. The van der Waals surface area contributed by atoms with Crippen molar-refractivity contribution in [3.05, 3.63) is 30.3 Å². The lowest BCUT2D eigenvalue weighted by atomic mass is 10.3. The van der Waals surface area contributed by atoms with E-state index in [1.54, 1.807) is 38.4 Å². The zero-order chi connectivity index (χ0) is 11.0. The Kier molecular flexibility index (Phi) is 2.45. The molecule has 2 amide bonds. The fraction of sp³-hybridized carbons (Fsp3) is 0.222. The van der Waals surface area contributed by atoms with Gasteiger partial charge in [-0.25, -0.2) is 14.0 Å². The minimum absolute atomic E-state index is 0.290. The summed E-state index contributed by atoms with van der Waals surface area (Å²) in [5, 5.41) is 1.32. The highest BCUT2D eigenvalue weighted by Crippen LogP contribution is 2.24. The van der Waals surface area contributed by atoms with Gasteiger partial charge >= 0.3 is 6.03 Å². The van der Waals surface area contributed by atoms with Crippen molar-refractivity contribution in [2.75, 3.05) is 18.4 Å². The fourth-order valence-electron chi connectivity index (χ4n) is 1.31. The number of amides is 2. The minimum atomic E-state index is -1.47. The number of carbonyl (C=O) groups is 1. The average molecular weight is 225 g/mol. The van der Waals surface area contributed by atoms with Gasteiger partial charge in [-0.3, -0.25) is 0 Å². The second-order valence-corrected chi connectivity index (χ2v) is 4.49. The summed E-state index contributed by atoms with van der Waals surface area (Å²) >= 11 is -1.47. The topological polar surface area (TPSA) is 43.9 Å². The van der Waals surface area contributed by atoms with E-state index in [0.717, 1.165) is 0 Å². The largest absolute Gasteiger partial charge is 0.352 e. The molecule has 1 atom stereocenters. The van der Waals surface area contributed by atoms with Crippen LogP contribution in [0.2, 0.25) is 0 Å². The molecule has 15 heavy (non-hydrogen) atoms. The molecule has 0 saturated carbocycles. The van der Waals surface area contributed by atoms with Crippen molar-refractivity contribution in [2.24, 2.45) is 0 Å². The number of benzene rings is 1. The number of urea groups is 1. The van der Waals surface area contributed by atoms with Gasteiger partial charge in [0.1, 0.15) is 0 Å². The predicted molar refractivity (Wildman–Crippen MR) is 58.0 cm³/mol. The first kappa shape index (κ1) is 10.1. The molecule has 1 unspecified atom stereocenters. The van der Waals surface area contributed by atoms with E-state index in [0.29, 0.717) is 5.69 Å². The lowest BCUT2D eigenvalue weighted by Gasteiger charge is -2.12. The Hall–Kier alpha value is -1.40. The summed E-state index contributed by atoms with van der Waals surface area (Å²) < 4.78 is 14.5. The molecule has 1 saturated heterocycles. The van der Waals surface area contributed by atoms with Crippen molar-refractivity contribution in [1.82, 2.24) is 9.42 Å². The average Bonchev–Trinajstić information content (AvgIpc) is 2.45. The first-order valence-corrected chi connectivity index (χ1v) is 5.48. The lowest BCUT2D eigenvalue weighted by molar-refractivity contribution is 0.162. The molecule has 0 bridgehead atoms. The predicted octanol–water partition coefficient (Wildman–Crippen LogP) is 0.984. The van der Waals surface area contributed by atoms with Crippen molar-refractivity contribution in [3.63, 3.8) is 0 Å². The third-order valence-corrected chi connectivity index (χ3v) is 3.62. The van der Waals surface area contributed by atoms with Crippen molar-refractivity contribution in [2.45, 2.75) is 0 Å². The van der Waals surface area contributed by atoms with Gasteiger partial charge in [0.05, 0.1) is 5.69 Å². The Morgan fingerprint density at radius 3 is 2.20 bits per heavy atom. The maximum atomic E-state index is 11.8. The molecule has 1 heterocycles. The fourth-order valence-corrected chi connectivity index (χ4v) is 2.38. The van der Waals surface area contributed by atoms with Crippen LogP contribution in [-0.4, -0.2) is 33.8 Å². The van der Waals surface area contributed by atoms with Crippen LogP contribution in [0.15, 0.2) is 30.3 Å². The van der Waals surface area contributed by atoms with E-state index in [-0.39, 0.29) is 6.03 Å². The van der Waals surface area contributed by atoms with Gasteiger partial charge in [-0.15, -0.1) is 4.41 Å². The van der Waals surface area contributed by atoms with Crippen LogP contribution in [0.25, 0.3) is 0 Å². The van der Waals surface area contributed by atoms with E-state index in [1.807, 2.05) is 6.07 Å². The van der Waals surface area contributed by atoms with E-state index in [4.69, 9.17) is 0 Å². The molecule has 6 heteroatoms. The van der Waals surface area contributed by atoms with Gasteiger partial charge in [-0.1, -0.05) is 18.2 Å². The quantitative estimate of drug-likeness (QED) is 0.715. The molecule has 1 aromatic rings. The Morgan fingerprint density at radius 1 is 1.13 bits per heavy atom. The number of hydrogen-bond donors (Lipinski definition) is 0. The monoisotopic (exact) mass is 225 g/mol. The molecule has 1 aliphatic heterocycles. The van der Waals surface area contributed by atoms with Crippen molar-refractivity contribution >= 4 is 22.9 Å². The Morgan fingerprint density at radius 2 is 1.73 bits per heavy atom. The molecule has 0 radical (unpaired) electrons. The Bertz CT molecular complexity index is 389. The van der Waals surface area contributed by atoms with E-state index in [2.05, 4.69) is 0 Å². The second kappa shape index (κ2) is 3.63. The summed E-state index contributed by atoms with van der Waals surface area (Å²) in [6.45, 7) is 0. The molecule has 1 aliphatic rings. The number of hydrogen-bond acceptors (Lipinski definition) is 2. The zero-order valence-corrected chi connectivity index (χ0v) is 9.27. The van der Waals surface area contributed by atoms with Gasteiger partial charge < -0.3 is 0 Å². The normalized spacial score (nSPS) is 22.5. The van der Waals surface area contributed by atoms with Crippen LogP contribution in [0, 0.1) is 0 Å². The smallest absolute Gasteiger partial charge is 0.246 e. The van der Waals surface area contributed by atoms with Crippen LogP contribution in [0.1, 0.15) is 0 Å². The third-order valence-electron chi connectivity index (χ3n) is 2.25. The number of carbonyl (C=O) groups excluding carboxylic acids is 1. The molecule has 1 fully saturated rings. The van der Waals surface area contributed by atoms with E-state index < -0.39 is 11.2 Å². The van der Waals surface area contributed by atoms with Gasteiger partial charge in [0.2, 0.25) is 11.2 Å². The highest BCUT2D eigenvalue weighted by molar-refractivity contribution is 7.85. The molecule has 0 N–H and O–H groups in total. The molecular weight excluding hydrogens is 214 g/mol. The molecule has 0 aliphatic carbocycles. The lowest BCUT2D eigenvalue weighted by Crippen LogP contribution is -2.32. The molecule has 5 nitrogen and oxygen atoms in total. The van der Waals surface area contributed by atoms with Gasteiger partial charge in [0.15, 0.2) is 0 Å². The van der Waals surface area contributed by atoms with Crippen LogP contribution in [0.4, 0.5) is 10.5 Å². The summed E-state index contributed by atoms with van der Waals surface area (Å²) in [7, 11) is 3.19. The first-order chi connectivity index (χ1) is 7.13. The number of rotatable bonds is 1. The number of hydrazine groups is 1. The number of nitrogens with zero attached hydrogens (tertiary/aromatic N) is 3. The Balaban J connectivity index is 2.39. The van der Waals surface area contributed by atoms with Crippen LogP contribution >= 0.6 is 0 Å². The standard InChI is InChI=1S/C9H11N3O2S/c1-10-9(13)12(15(14)11(10)2)8-6-4-3-5-7-8/h3-7H,1-2H3. The van der Waals surface area contributed by atoms with Gasteiger partial charge in [-0.2, -0.15) is 4.31 Å². The van der Waals surface area contributed by atoms with Gasteiger partial charge in [-0.05, 0) is 12.1 Å². The van der Waals surface area contributed by atoms with Crippen molar-refractivity contribution in [1.29, 1.82) is 0 Å². The molecule has 0 spiro atoms. The molecule has 0 aromatic heterocycles. The molecule has 80 valence electrons. The van der Waals surface area contributed by atoms with E-state index in [1.165, 1.54) is 13.7 Å². The maximum Gasteiger partial charge on any atom is 0.352 e. The van der Waals surface area contributed by atoms with Crippen molar-refractivity contribution in [3.8, 4) is 0 Å². The zero-order valence-electron chi connectivity index (χ0n) is 8.45. The first-order valence-electron chi connectivity index (χ1n) is 4.41. The molecule has 2 rings (SSSR count). The van der Waals surface area contributed by atoms with E-state index >= 15 is 0 Å². The Labute approximate surface area is 90.6 Å². The number of para-hydroxylation sites is 1. The van der Waals surface area contributed by atoms with Crippen LogP contribution in [0.3, 0.4) is 0 Å². The van der Waals surface area contributed by atoms with Gasteiger partial charge in [0, 0.05) is 14.1 Å². The molecular formula is C9H11N3O2S. The van der Waals surface area contributed by atoms with Crippen LogP contribution in [0.5, 0.6) is 0 Å².